The molecule has 0 spiro atoms. The van der Waals surface area contributed by atoms with E-state index in [4.69, 9.17) is 26.2 Å². The summed E-state index contributed by atoms with van der Waals surface area (Å²) in [7, 11) is 5.10. The van der Waals surface area contributed by atoms with Gasteiger partial charge in [0.2, 0.25) is 0 Å². The molecule has 0 fully saturated rings. The number of aryl methyl sites for hydroxylation is 5. The molecule has 0 aliphatic heterocycles. The van der Waals surface area contributed by atoms with Crippen LogP contribution in [0.3, 0.4) is 0 Å². The molecule has 0 aliphatic rings. The molecular formula is C37H37ClFN5O4S. The van der Waals surface area contributed by atoms with Gasteiger partial charge in [0.15, 0.2) is 6.29 Å². The van der Waals surface area contributed by atoms with E-state index in [2.05, 4.69) is 12.0 Å². The summed E-state index contributed by atoms with van der Waals surface area (Å²) in [6, 6.07) is 14.1. The Morgan fingerprint density at radius 3 is 2.55 bits per heavy atom. The largest absolute Gasteiger partial charge is 0.493 e. The number of hydrogen-bond acceptors (Lipinski definition) is 7. The van der Waals surface area contributed by atoms with Crippen LogP contribution in [-0.2, 0) is 37.6 Å². The summed E-state index contributed by atoms with van der Waals surface area (Å²) < 4.78 is 31.4. The summed E-state index contributed by atoms with van der Waals surface area (Å²) in [6.07, 6.45) is 2.03. The van der Waals surface area contributed by atoms with E-state index in [0.29, 0.717) is 47.5 Å². The van der Waals surface area contributed by atoms with Crippen LogP contribution in [0.1, 0.15) is 57.0 Å². The van der Waals surface area contributed by atoms with E-state index in [1.54, 1.807) is 35.6 Å². The minimum Gasteiger partial charge on any atom is -0.493 e. The lowest BCUT2D eigenvalue weighted by Crippen LogP contribution is -2.13. The number of fused-ring (bicyclic) bond motifs is 2. The monoisotopic (exact) mass is 701 g/mol. The molecule has 3 heterocycles. The normalized spacial score (nSPS) is 11.5. The van der Waals surface area contributed by atoms with Crippen LogP contribution in [0.25, 0.3) is 32.8 Å². The van der Waals surface area contributed by atoms with Crippen LogP contribution in [0.2, 0.25) is 5.02 Å². The van der Waals surface area contributed by atoms with Crippen molar-refractivity contribution in [3.8, 4) is 16.9 Å². The molecule has 0 N–H and O–H groups in total. The molecular weight excluding hydrogens is 665 g/mol. The number of hydrogen-bond donors (Lipinski definition) is 0. The number of aldehydes is 1. The van der Waals surface area contributed by atoms with Gasteiger partial charge in [-0.2, -0.15) is 10.2 Å². The molecule has 0 radical (unpaired) electrons. The van der Waals surface area contributed by atoms with Gasteiger partial charge in [-0.15, -0.1) is 11.8 Å². The van der Waals surface area contributed by atoms with Crippen LogP contribution in [0.4, 0.5) is 4.39 Å². The average Bonchev–Trinajstić information content (AvgIpc) is 3.70. The maximum Gasteiger partial charge on any atom is 0.354 e. The molecule has 12 heteroatoms. The molecule has 49 heavy (non-hydrogen) atoms. The van der Waals surface area contributed by atoms with Crippen molar-refractivity contribution in [1.82, 2.24) is 24.1 Å². The van der Waals surface area contributed by atoms with Gasteiger partial charge in [0.05, 0.1) is 19.4 Å². The molecule has 254 valence electrons. The highest BCUT2D eigenvalue weighted by Crippen LogP contribution is 2.42. The van der Waals surface area contributed by atoms with E-state index in [1.165, 1.54) is 19.2 Å². The molecule has 0 atom stereocenters. The summed E-state index contributed by atoms with van der Waals surface area (Å²) in [6.45, 7) is 6.83. The number of carbonyl (C=O) groups is 2. The maximum absolute atomic E-state index is 14.3. The second-order valence-corrected chi connectivity index (χ2v) is 13.4. The zero-order valence-corrected chi connectivity index (χ0v) is 29.8. The van der Waals surface area contributed by atoms with Crippen LogP contribution in [0.5, 0.6) is 5.75 Å². The molecule has 0 bridgehead atoms. The van der Waals surface area contributed by atoms with Crippen molar-refractivity contribution in [3.63, 3.8) is 0 Å². The average molecular weight is 702 g/mol. The van der Waals surface area contributed by atoms with Gasteiger partial charge in [-0.1, -0.05) is 18.5 Å². The van der Waals surface area contributed by atoms with E-state index >= 15 is 0 Å². The molecule has 0 saturated carbocycles. The SMILES string of the molecule is CCc1nn(C)c(C)c1-c1c(Cl)ccc2c1c(C)c(C(=O)OC)n2CCCOc1cc(SCc2cc(C=O)nn2C)cc2cc(F)ccc12. The molecule has 6 aromatic rings. The van der Waals surface area contributed by atoms with Gasteiger partial charge >= 0.3 is 5.97 Å². The van der Waals surface area contributed by atoms with Crippen LogP contribution >= 0.6 is 23.4 Å². The van der Waals surface area contributed by atoms with Crippen LogP contribution in [0, 0.1) is 19.7 Å². The zero-order chi connectivity index (χ0) is 35.0. The van der Waals surface area contributed by atoms with Crippen LogP contribution in [0.15, 0.2) is 53.4 Å². The third-order valence-electron chi connectivity index (χ3n) is 8.93. The Kier molecular flexibility index (Phi) is 9.85. The zero-order valence-electron chi connectivity index (χ0n) is 28.3. The minimum atomic E-state index is -0.429. The molecule has 0 aliphatic carbocycles. The van der Waals surface area contributed by atoms with E-state index in [-0.39, 0.29) is 5.82 Å². The molecule has 3 aromatic heterocycles. The van der Waals surface area contributed by atoms with Crippen molar-refractivity contribution in [1.29, 1.82) is 0 Å². The first kappa shape index (κ1) is 34.3. The van der Waals surface area contributed by atoms with E-state index in [9.17, 15) is 14.0 Å². The Labute approximate surface area is 292 Å². The van der Waals surface area contributed by atoms with Crippen molar-refractivity contribution >= 4 is 57.3 Å². The lowest BCUT2D eigenvalue weighted by Gasteiger charge is -2.14. The van der Waals surface area contributed by atoms with Gasteiger partial charge in [-0.3, -0.25) is 14.2 Å². The van der Waals surface area contributed by atoms with Gasteiger partial charge in [-0.25, -0.2) is 9.18 Å². The molecule has 3 aromatic carbocycles. The lowest BCUT2D eigenvalue weighted by atomic mass is 9.96. The van der Waals surface area contributed by atoms with Gasteiger partial charge in [0.25, 0.3) is 0 Å². The highest BCUT2D eigenvalue weighted by atomic mass is 35.5. The summed E-state index contributed by atoms with van der Waals surface area (Å²) in [5.74, 6) is 0.438. The minimum absolute atomic E-state index is 0.333. The lowest BCUT2D eigenvalue weighted by molar-refractivity contribution is 0.0587. The number of carbonyl (C=O) groups excluding carboxylic acids is 2. The number of halogens is 2. The van der Waals surface area contributed by atoms with Crippen molar-refractivity contribution in [2.24, 2.45) is 14.1 Å². The summed E-state index contributed by atoms with van der Waals surface area (Å²) in [4.78, 5) is 25.3. The predicted molar refractivity (Wildman–Crippen MR) is 192 cm³/mol. The van der Waals surface area contributed by atoms with Gasteiger partial charge in [0.1, 0.15) is 23.0 Å². The summed E-state index contributed by atoms with van der Waals surface area (Å²) >= 11 is 8.46. The van der Waals surface area contributed by atoms with Crippen LogP contribution < -0.4 is 4.74 Å². The quantitative estimate of drug-likeness (QED) is 0.0549. The fourth-order valence-electron chi connectivity index (χ4n) is 6.47. The summed E-state index contributed by atoms with van der Waals surface area (Å²) in [5.41, 5.74) is 7.16. The molecule has 0 amide bonds. The number of methoxy groups -OCH3 is 1. The highest BCUT2D eigenvalue weighted by Gasteiger charge is 2.27. The number of rotatable bonds is 12. The van der Waals surface area contributed by atoms with Crippen LogP contribution in [-0.4, -0.2) is 50.1 Å². The maximum atomic E-state index is 14.3. The van der Waals surface area contributed by atoms with Crippen molar-refractivity contribution in [2.45, 2.75) is 50.8 Å². The van der Waals surface area contributed by atoms with Gasteiger partial charge in [-0.05, 0) is 86.2 Å². The highest BCUT2D eigenvalue weighted by molar-refractivity contribution is 7.98. The predicted octanol–water partition coefficient (Wildman–Crippen LogP) is 8.26. The van der Waals surface area contributed by atoms with E-state index in [1.807, 2.05) is 54.4 Å². The van der Waals surface area contributed by atoms with E-state index in [0.717, 1.165) is 73.0 Å². The standard InChI is InChI=1S/C37H37ClFN5O4S/c1-7-30-34(22(3)42(4)41-30)35-29(38)11-12-31-33(35)21(2)36(37(46)47-6)44(31)13-8-14-48-32-18-27(16-23-15-24(39)9-10-28(23)32)49-20-26-17-25(19-45)40-43(26)5/h9-12,15-19H,7-8,13-14,20H2,1-6H3. The van der Waals surface area contributed by atoms with Gasteiger partial charge < -0.3 is 14.0 Å². The Morgan fingerprint density at radius 1 is 1.04 bits per heavy atom. The first-order chi connectivity index (χ1) is 23.6. The first-order valence-electron chi connectivity index (χ1n) is 16.0. The van der Waals surface area contributed by atoms with Crippen molar-refractivity contribution < 1.29 is 23.5 Å². The van der Waals surface area contributed by atoms with Gasteiger partial charge in [0, 0.05) is 75.1 Å². The van der Waals surface area contributed by atoms with E-state index < -0.39 is 5.97 Å². The topological polar surface area (TPSA) is 93.2 Å². The molecule has 0 saturated heterocycles. The molecule has 6 rings (SSSR count). The number of benzene rings is 3. The Morgan fingerprint density at radius 2 is 1.84 bits per heavy atom. The van der Waals surface area contributed by atoms with Crippen molar-refractivity contribution in [2.75, 3.05) is 13.7 Å². The van der Waals surface area contributed by atoms with Crippen molar-refractivity contribution in [3.05, 3.63) is 93.4 Å². The number of ether oxygens (including phenoxy) is 2. The third-order valence-corrected chi connectivity index (χ3v) is 10.3. The number of thioether (sulfide) groups is 1. The number of nitrogens with zero attached hydrogens (tertiary/aromatic N) is 5. The fraction of sp³-hybridized carbons (Fsp3) is 0.297. The smallest absolute Gasteiger partial charge is 0.354 e. The second kappa shape index (κ2) is 14.1. The first-order valence-corrected chi connectivity index (χ1v) is 17.3. The molecule has 9 nitrogen and oxygen atoms in total. The third kappa shape index (κ3) is 6.45. The second-order valence-electron chi connectivity index (χ2n) is 11.9. The number of aromatic nitrogens is 5. The Balaban J connectivity index is 1.30. The Bertz CT molecular complexity index is 2240. The number of esters is 1. The Hall–Kier alpha value is -4.61. The molecule has 0 unspecified atom stereocenters. The summed E-state index contributed by atoms with van der Waals surface area (Å²) in [5, 5.41) is 11.9. The fourth-order valence-corrected chi connectivity index (χ4v) is 7.70.